The van der Waals surface area contributed by atoms with E-state index in [2.05, 4.69) is 20.9 Å². The second-order valence-electron chi connectivity index (χ2n) is 6.13. The van der Waals surface area contributed by atoms with Crippen molar-refractivity contribution in [3.63, 3.8) is 0 Å². The van der Waals surface area contributed by atoms with Crippen molar-refractivity contribution < 1.29 is 18.7 Å². The number of methoxy groups -OCH3 is 2. The average Bonchev–Trinajstić information content (AvgIpc) is 2.75. The summed E-state index contributed by atoms with van der Waals surface area (Å²) in [5.74, 6) is 0.222. The largest absolute Gasteiger partial charge is 0.495 e. The maximum atomic E-state index is 13.7. The molecule has 0 aliphatic rings. The van der Waals surface area contributed by atoms with Gasteiger partial charge in [-0.15, -0.1) is 0 Å². The van der Waals surface area contributed by atoms with Crippen LogP contribution in [0.2, 0.25) is 5.02 Å². The normalized spacial score (nSPS) is 10.2. The summed E-state index contributed by atoms with van der Waals surface area (Å²) in [6, 6.07) is 12.2. The van der Waals surface area contributed by atoms with Crippen LogP contribution in [0.1, 0.15) is 10.4 Å². The highest BCUT2D eigenvalue weighted by molar-refractivity contribution is 7.80. The number of anilines is 3. The highest BCUT2D eigenvalue weighted by Crippen LogP contribution is 2.35. The second kappa shape index (κ2) is 10.1. The molecular weight excluding hydrogens is 443 g/mol. The van der Waals surface area contributed by atoms with Crippen LogP contribution in [0.5, 0.6) is 11.5 Å². The molecule has 0 bridgehead atoms. The van der Waals surface area contributed by atoms with Crippen LogP contribution in [0, 0.1) is 5.82 Å². The monoisotopic (exact) mass is 460 g/mol. The fourth-order valence-corrected chi connectivity index (χ4v) is 3.07. The van der Waals surface area contributed by atoms with Crippen LogP contribution < -0.4 is 25.4 Å². The molecule has 31 heavy (non-hydrogen) atoms. The van der Waals surface area contributed by atoms with Gasteiger partial charge in [0.15, 0.2) is 5.11 Å². The Labute approximate surface area is 188 Å². The van der Waals surface area contributed by atoms with Crippen molar-refractivity contribution in [2.24, 2.45) is 0 Å². The Kier molecular flexibility index (Phi) is 7.22. The molecule has 0 radical (unpaired) electrons. The summed E-state index contributed by atoms with van der Waals surface area (Å²) < 4.78 is 24.2. The molecule has 10 heteroatoms. The van der Waals surface area contributed by atoms with E-state index in [9.17, 15) is 9.18 Å². The van der Waals surface area contributed by atoms with Crippen molar-refractivity contribution in [1.82, 2.24) is 4.98 Å². The van der Waals surface area contributed by atoms with Crippen LogP contribution in [0.3, 0.4) is 0 Å². The van der Waals surface area contributed by atoms with Gasteiger partial charge < -0.3 is 25.4 Å². The van der Waals surface area contributed by atoms with E-state index < -0.39 is 11.7 Å². The van der Waals surface area contributed by atoms with Crippen molar-refractivity contribution in [1.29, 1.82) is 0 Å². The molecule has 0 aliphatic heterocycles. The molecule has 0 saturated carbocycles. The SMILES string of the molecule is COc1cc(OC)c(NC(=S)Nc2ccc(NC(=O)c3ccccc3F)cn2)cc1Cl. The number of carbonyl (C=O) groups is 1. The van der Waals surface area contributed by atoms with E-state index in [1.807, 2.05) is 0 Å². The minimum absolute atomic E-state index is 0.0535. The maximum Gasteiger partial charge on any atom is 0.258 e. The van der Waals surface area contributed by atoms with Crippen molar-refractivity contribution in [3.05, 3.63) is 71.1 Å². The van der Waals surface area contributed by atoms with Gasteiger partial charge in [0.25, 0.3) is 5.91 Å². The van der Waals surface area contributed by atoms with Gasteiger partial charge in [-0.2, -0.15) is 0 Å². The number of aromatic nitrogens is 1. The standard InChI is InChI=1S/C21H18ClFN4O3S/c1-29-17-10-18(30-2)16(9-14(17)22)26-21(31)27-19-8-7-12(11-24-19)25-20(28)13-5-3-4-6-15(13)23/h3-11H,1-2H3,(H,25,28)(H2,24,26,27,31). The van der Waals surface area contributed by atoms with Gasteiger partial charge in [0.05, 0.1) is 42.4 Å². The lowest BCUT2D eigenvalue weighted by atomic mass is 10.2. The predicted octanol–water partition coefficient (Wildman–Crippen LogP) is 4.95. The Hall–Kier alpha value is -3.43. The molecule has 0 unspecified atom stereocenters. The van der Waals surface area contributed by atoms with Gasteiger partial charge in [-0.25, -0.2) is 9.37 Å². The van der Waals surface area contributed by atoms with Gasteiger partial charge in [0, 0.05) is 6.07 Å². The van der Waals surface area contributed by atoms with E-state index in [1.54, 1.807) is 30.3 Å². The van der Waals surface area contributed by atoms with Gasteiger partial charge >= 0.3 is 0 Å². The molecule has 2 aromatic carbocycles. The first-order chi connectivity index (χ1) is 14.9. The molecule has 1 amide bonds. The van der Waals surface area contributed by atoms with Gasteiger partial charge in [-0.05, 0) is 42.5 Å². The van der Waals surface area contributed by atoms with Crippen LogP contribution in [0.15, 0.2) is 54.7 Å². The van der Waals surface area contributed by atoms with E-state index in [0.29, 0.717) is 33.7 Å². The number of carbonyl (C=O) groups excluding carboxylic acids is 1. The van der Waals surface area contributed by atoms with E-state index in [-0.39, 0.29) is 10.7 Å². The number of amides is 1. The average molecular weight is 461 g/mol. The van der Waals surface area contributed by atoms with Crippen LogP contribution in [-0.4, -0.2) is 30.2 Å². The molecule has 1 heterocycles. The zero-order chi connectivity index (χ0) is 22.4. The van der Waals surface area contributed by atoms with E-state index >= 15 is 0 Å². The quantitative estimate of drug-likeness (QED) is 0.449. The number of ether oxygens (including phenoxy) is 2. The predicted molar refractivity (Wildman–Crippen MR) is 123 cm³/mol. The molecule has 160 valence electrons. The highest BCUT2D eigenvalue weighted by atomic mass is 35.5. The maximum absolute atomic E-state index is 13.7. The zero-order valence-corrected chi connectivity index (χ0v) is 18.1. The van der Waals surface area contributed by atoms with Crippen molar-refractivity contribution in [2.45, 2.75) is 0 Å². The van der Waals surface area contributed by atoms with Gasteiger partial charge in [-0.1, -0.05) is 23.7 Å². The molecule has 7 nitrogen and oxygen atoms in total. The van der Waals surface area contributed by atoms with E-state index in [4.69, 9.17) is 33.3 Å². The van der Waals surface area contributed by atoms with Crippen LogP contribution in [0.25, 0.3) is 0 Å². The Balaban J connectivity index is 1.63. The first-order valence-corrected chi connectivity index (χ1v) is 9.71. The van der Waals surface area contributed by atoms with Crippen LogP contribution in [0.4, 0.5) is 21.6 Å². The molecule has 0 aliphatic carbocycles. The molecule has 3 N–H and O–H groups in total. The Morgan fingerprint density at radius 1 is 1.03 bits per heavy atom. The van der Waals surface area contributed by atoms with Gasteiger partial charge in [0.2, 0.25) is 0 Å². The summed E-state index contributed by atoms with van der Waals surface area (Å²) in [7, 11) is 3.02. The third-order valence-corrected chi connectivity index (χ3v) is 4.60. The number of pyridine rings is 1. The Bertz CT molecular complexity index is 1110. The summed E-state index contributed by atoms with van der Waals surface area (Å²) in [6.45, 7) is 0. The van der Waals surface area contributed by atoms with Crippen molar-refractivity contribution in [2.75, 3.05) is 30.2 Å². The number of benzene rings is 2. The molecule has 0 saturated heterocycles. The van der Waals surface area contributed by atoms with E-state index in [1.165, 1.54) is 38.6 Å². The summed E-state index contributed by atoms with van der Waals surface area (Å²) in [5, 5.41) is 9.13. The number of halogens is 2. The first-order valence-electron chi connectivity index (χ1n) is 8.92. The number of thiocarbonyl (C=S) groups is 1. The number of rotatable bonds is 6. The fourth-order valence-electron chi connectivity index (χ4n) is 2.61. The lowest BCUT2D eigenvalue weighted by Gasteiger charge is -2.15. The molecule has 0 fully saturated rings. The zero-order valence-electron chi connectivity index (χ0n) is 16.5. The summed E-state index contributed by atoms with van der Waals surface area (Å²) >= 11 is 11.5. The Morgan fingerprint density at radius 2 is 1.77 bits per heavy atom. The number of nitrogens with zero attached hydrogens (tertiary/aromatic N) is 1. The minimum Gasteiger partial charge on any atom is -0.495 e. The molecule has 1 aromatic heterocycles. The number of nitrogens with one attached hydrogen (secondary N) is 3. The second-order valence-corrected chi connectivity index (χ2v) is 6.95. The lowest BCUT2D eigenvalue weighted by molar-refractivity contribution is 0.102. The van der Waals surface area contributed by atoms with Gasteiger partial charge in [-0.3, -0.25) is 4.79 Å². The van der Waals surface area contributed by atoms with Crippen molar-refractivity contribution >= 4 is 52.0 Å². The fraction of sp³-hybridized carbons (Fsp3) is 0.0952. The first kappa shape index (κ1) is 22.3. The topological polar surface area (TPSA) is 84.5 Å². The van der Waals surface area contributed by atoms with Crippen LogP contribution >= 0.6 is 23.8 Å². The molecule has 3 rings (SSSR count). The highest BCUT2D eigenvalue weighted by Gasteiger charge is 2.13. The molecular formula is C21H18ClFN4O3S. The van der Waals surface area contributed by atoms with Crippen LogP contribution in [-0.2, 0) is 0 Å². The molecule has 3 aromatic rings. The smallest absolute Gasteiger partial charge is 0.258 e. The minimum atomic E-state index is -0.600. The van der Waals surface area contributed by atoms with E-state index in [0.717, 1.165) is 0 Å². The third-order valence-electron chi connectivity index (χ3n) is 4.10. The molecule has 0 spiro atoms. The van der Waals surface area contributed by atoms with Gasteiger partial charge in [0.1, 0.15) is 23.1 Å². The number of hydrogen-bond acceptors (Lipinski definition) is 5. The number of hydrogen-bond donors (Lipinski definition) is 3. The third kappa shape index (κ3) is 5.59. The van der Waals surface area contributed by atoms with Crippen molar-refractivity contribution in [3.8, 4) is 11.5 Å². The summed E-state index contributed by atoms with van der Waals surface area (Å²) in [6.07, 6.45) is 1.43. The summed E-state index contributed by atoms with van der Waals surface area (Å²) in [5.41, 5.74) is 0.892. The summed E-state index contributed by atoms with van der Waals surface area (Å²) in [4.78, 5) is 16.4. The molecule has 0 atom stereocenters. The Morgan fingerprint density at radius 3 is 2.42 bits per heavy atom. The lowest BCUT2D eigenvalue weighted by Crippen LogP contribution is -2.20.